The highest BCUT2D eigenvalue weighted by molar-refractivity contribution is 7.89. The van der Waals surface area contributed by atoms with Crippen LogP contribution in [-0.2, 0) is 10.0 Å². The standard InChI is InChI=1S/C11H16F3N3O3S/c1-8(2)16-5-9(15-7-16)21(19,20)17-4-3-10(18,6-17)11(12,13)14/h5,7-8,18H,3-4,6H2,1-2H3/t10-/m1/s1. The summed E-state index contributed by atoms with van der Waals surface area (Å²) in [6, 6.07) is -0.0212. The number of aromatic nitrogens is 2. The van der Waals surface area contributed by atoms with Crippen molar-refractivity contribution < 1.29 is 26.7 Å². The lowest BCUT2D eigenvalue weighted by Gasteiger charge is -2.25. The molecule has 1 aromatic heterocycles. The molecule has 0 unspecified atom stereocenters. The third-order valence-corrected chi connectivity index (χ3v) is 5.25. The van der Waals surface area contributed by atoms with Crippen molar-refractivity contribution in [1.82, 2.24) is 13.9 Å². The highest BCUT2D eigenvalue weighted by atomic mass is 32.2. The fourth-order valence-electron chi connectivity index (χ4n) is 2.06. The highest BCUT2D eigenvalue weighted by Crippen LogP contribution is 2.39. The summed E-state index contributed by atoms with van der Waals surface area (Å²) in [4.78, 5) is 3.73. The summed E-state index contributed by atoms with van der Waals surface area (Å²) < 4.78 is 64.9. The molecule has 0 bridgehead atoms. The van der Waals surface area contributed by atoms with Crippen LogP contribution in [-0.4, -0.2) is 52.2 Å². The smallest absolute Gasteiger partial charge is 0.379 e. The molecule has 0 amide bonds. The van der Waals surface area contributed by atoms with Gasteiger partial charge in [0.15, 0.2) is 10.6 Å². The van der Waals surface area contributed by atoms with Gasteiger partial charge in [0, 0.05) is 25.2 Å². The SMILES string of the molecule is CC(C)n1cnc(S(=O)(=O)N2CC[C@](O)(C(F)(F)F)C2)c1. The Balaban J connectivity index is 2.26. The fourth-order valence-corrected chi connectivity index (χ4v) is 3.48. The maximum absolute atomic E-state index is 12.7. The molecule has 0 saturated carbocycles. The molecule has 1 aliphatic rings. The van der Waals surface area contributed by atoms with Crippen LogP contribution in [0.25, 0.3) is 0 Å². The number of alkyl halides is 3. The van der Waals surface area contributed by atoms with Gasteiger partial charge < -0.3 is 9.67 Å². The van der Waals surface area contributed by atoms with Gasteiger partial charge in [-0.3, -0.25) is 0 Å². The molecule has 1 atom stereocenters. The maximum atomic E-state index is 12.7. The highest BCUT2D eigenvalue weighted by Gasteiger charge is 2.59. The number of β-amino-alcohol motifs (C(OH)–C–C–N with tert-alkyl or cyclic N) is 1. The van der Waals surface area contributed by atoms with Crippen LogP contribution in [0.4, 0.5) is 13.2 Å². The predicted octanol–water partition coefficient (Wildman–Crippen LogP) is 1.15. The molecule has 21 heavy (non-hydrogen) atoms. The quantitative estimate of drug-likeness (QED) is 0.904. The Hall–Kier alpha value is -1.13. The number of rotatable bonds is 3. The molecule has 120 valence electrons. The van der Waals surface area contributed by atoms with Crippen LogP contribution in [0.15, 0.2) is 17.6 Å². The van der Waals surface area contributed by atoms with E-state index < -0.39 is 41.3 Å². The third-order valence-electron chi connectivity index (χ3n) is 3.52. The van der Waals surface area contributed by atoms with Gasteiger partial charge in [-0.1, -0.05) is 0 Å². The molecule has 0 aromatic carbocycles. The van der Waals surface area contributed by atoms with E-state index in [-0.39, 0.29) is 11.1 Å². The second-order valence-corrected chi connectivity index (χ2v) is 7.26. The van der Waals surface area contributed by atoms with E-state index in [0.29, 0.717) is 4.31 Å². The summed E-state index contributed by atoms with van der Waals surface area (Å²) >= 11 is 0. The van der Waals surface area contributed by atoms with Crippen LogP contribution in [0.2, 0.25) is 0 Å². The van der Waals surface area contributed by atoms with E-state index in [2.05, 4.69) is 4.98 Å². The van der Waals surface area contributed by atoms with Crippen molar-refractivity contribution in [3.05, 3.63) is 12.5 Å². The summed E-state index contributed by atoms with van der Waals surface area (Å²) in [5.41, 5.74) is -3.00. The molecule has 2 heterocycles. The zero-order chi connectivity index (χ0) is 16.1. The Morgan fingerprint density at radius 3 is 2.48 bits per heavy atom. The molecule has 1 fully saturated rings. The maximum Gasteiger partial charge on any atom is 0.418 e. The van der Waals surface area contributed by atoms with E-state index in [4.69, 9.17) is 0 Å². The zero-order valence-electron chi connectivity index (χ0n) is 11.5. The monoisotopic (exact) mass is 327 g/mol. The minimum absolute atomic E-state index is 0.0212. The molecule has 6 nitrogen and oxygen atoms in total. The van der Waals surface area contributed by atoms with Gasteiger partial charge in [-0.25, -0.2) is 13.4 Å². The summed E-state index contributed by atoms with van der Waals surface area (Å²) in [5.74, 6) is 0. The van der Waals surface area contributed by atoms with E-state index in [1.54, 1.807) is 4.57 Å². The van der Waals surface area contributed by atoms with Crippen molar-refractivity contribution in [2.24, 2.45) is 0 Å². The van der Waals surface area contributed by atoms with E-state index >= 15 is 0 Å². The minimum atomic E-state index is -4.87. The molecule has 1 aromatic rings. The summed E-state index contributed by atoms with van der Waals surface area (Å²) in [6.45, 7) is 2.23. The number of imidazole rings is 1. The molecular weight excluding hydrogens is 311 g/mol. The summed E-state index contributed by atoms with van der Waals surface area (Å²) in [7, 11) is -4.14. The lowest BCUT2D eigenvalue weighted by molar-refractivity contribution is -0.252. The Kier molecular flexibility index (Phi) is 3.83. The van der Waals surface area contributed by atoms with E-state index in [1.807, 2.05) is 13.8 Å². The van der Waals surface area contributed by atoms with Gasteiger partial charge in [-0.05, 0) is 13.8 Å². The van der Waals surface area contributed by atoms with Gasteiger partial charge in [0.25, 0.3) is 10.0 Å². The number of nitrogens with zero attached hydrogens (tertiary/aromatic N) is 3. The van der Waals surface area contributed by atoms with Gasteiger partial charge in [0.2, 0.25) is 0 Å². The van der Waals surface area contributed by atoms with E-state index in [9.17, 15) is 26.7 Å². The Morgan fingerprint density at radius 2 is 2.05 bits per heavy atom. The predicted molar refractivity (Wildman–Crippen MR) is 67.0 cm³/mol. The lowest BCUT2D eigenvalue weighted by Crippen LogP contribution is -2.48. The van der Waals surface area contributed by atoms with Gasteiger partial charge in [-0.2, -0.15) is 17.5 Å². The first-order valence-electron chi connectivity index (χ1n) is 6.30. The van der Waals surface area contributed by atoms with Crippen molar-refractivity contribution in [2.75, 3.05) is 13.1 Å². The van der Waals surface area contributed by atoms with Crippen molar-refractivity contribution in [3.63, 3.8) is 0 Å². The zero-order valence-corrected chi connectivity index (χ0v) is 12.3. The Morgan fingerprint density at radius 1 is 1.43 bits per heavy atom. The molecular formula is C11H16F3N3O3S. The Labute approximate surface area is 120 Å². The van der Waals surface area contributed by atoms with Crippen molar-refractivity contribution in [2.45, 2.75) is 43.1 Å². The molecule has 1 N–H and O–H groups in total. The third kappa shape index (κ3) is 2.79. The van der Waals surface area contributed by atoms with E-state index in [1.165, 1.54) is 12.5 Å². The molecule has 2 rings (SSSR count). The molecule has 1 saturated heterocycles. The minimum Gasteiger partial charge on any atom is -0.379 e. The normalized spacial score (nSPS) is 24.9. The second kappa shape index (κ2) is 4.96. The molecule has 1 aliphatic heterocycles. The molecule has 0 radical (unpaired) electrons. The van der Waals surface area contributed by atoms with Gasteiger partial charge in [0.1, 0.15) is 0 Å². The number of aliphatic hydroxyl groups is 1. The van der Waals surface area contributed by atoms with E-state index in [0.717, 1.165) is 0 Å². The van der Waals surface area contributed by atoms with Crippen molar-refractivity contribution >= 4 is 10.0 Å². The molecule has 0 aliphatic carbocycles. The fraction of sp³-hybridized carbons (Fsp3) is 0.727. The Bertz CT molecular complexity index is 626. The van der Waals surface area contributed by atoms with Crippen LogP contribution in [0, 0.1) is 0 Å². The molecule has 10 heteroatoms. The average Bonchev–Trinajstić information content (AvgIpc) is 2.94. The van der Waals surface area contributed by atoms with Crippen molar-refractivity contribution in [3.8, 4) is 0 Å². The second-order valence-electron chi connectivity index (χ2n) is 5.37. The summed E-state index contributed by atoms with van der Waals surface area (Å²) in [6.07, 6.45) is -2.97. The first-order valence-corrected chi connectivity index (χ1v) is 7.74. The largest absolute Gasteiger partial charge is 0.418 e. The number of hydrogen-bond acceptors (Lipinski definition) is 4. The van der Waals surface area contributed by atoms with Crippen LogP contribution in [0.1, 0.15) is 26.3 Å². The number of hydrogen-bond donors (Lipinski definition) is 1. The first kappa shape index (κ1) is 16.2. The molecule has 0 spiro atoms. The van der Waals surface area contributed by atoms with Gasteiger partial charge >= 0.3 is 6.18 Å². The van der Waals surface area contributed by atoms with Crippen LogP contribution in [0.5, 0.6) is 0 Å². The first-order chi connectivity index (χ1) is 9.47. The van der Waals surface area contributed by atoms with Crippen LogP contribution < -0.4 is 0 Å². The average molecular weight is 327 g/mol. The van der Waals surface area contributed by atoms with Crippen LogP contribution >= 0.6 is 0 Å². The van der Waals surface area contributed by atoms with Gasteiger partial charge in [0.05, 0.1) is 12.9 Å². The number of sulfonamides is 1. The van der Waals surface area contributed by atoms with Gasteiger partial charge in [-0.15, -0.1) is 0 Å². The van der Waals surface area contributed by atoms with Crippen LogP contribution in [0.3, 0.4) is 0 Å². The topological polar surface area (TPSA) is 75.4 Å². The lowest BCUT2D eigenvalue weighted by atomic mass is 10.0. The summed E-state index contributed by atoms with van der Waals surface area (Å²) in [5, 5.41) is 9.23. The number of halogens is 3. The van der Waals surface area contributed by atoms with Crippen molar-refractivity contribution in [1.29, 1.82) is 0 Å².